The van der Waals surface area contributed by atoms with Crippen molar-refractivity contribution in [2.75, 3.05) is 12.4 Å². The highest BCUT2D eigenvalue weighted by atomic mass is 32.1. The molecule has 0 unspecified atom stereocenters. The Morgan fingerprint density at radius 2 is 1.54 bits per heavy atom. The summed E-state index contributed by atoms with van der Waals surface area (Å²) in [7, 11) is 1.38. The van der Waals surface area contributed by atoms with E-state index in [0.29, 0.717) is 5.95 Å². The molecule has 1 aliphatic rings. The second-order valence-corrected chi connectivity index (χ2v) is 12.2. The number of rotatable bonds is 4. The van der Waals surface area contributed by atoms with Gasteiger partial charge in [0.1, 0.15) is 11.4 Å². The van der Waals surface area contributed by atoms with Gasteiger partial charge in [0.05, 0.1) is 16.9 Å². The maximum Gasteiger partial charge on any atom is 0.495 e. The van der Waals surface area contributed by atoms with Crippen LogP contribution in [0.1, 0.15) is 60.5 Å². The summed E-state index contributed by atoms with van der Waals surface area (Å²) in [4.78, 5) is 16.6. The molecule has 194 valence electrons. The summed E-state index contributed by atoms with van der Waals surface area (Å²) in [6.45, 7) is 21.4. The van der Waals surface area contributed by atoms with E-state index in [4.69, 9.17) is 19.3 Å². The highest BCUT2D eigenvalue weighted by molar-refractivity contribution is 7.17. The maximum atomic E-state index is 6.55. The van der Waals surface area contributed by atoms with E-state index in [0.717, 1.165) is 38.6 Å². The molecule has 3 aromatic heterocycles. The Balaban J connectivity index is 1.83. The van der Waals surface area contributed by atoms with Gasteiger partial charge in [0.25, 0.3) is 0 Å². The van der Waals surface area contributed by atoms with E-state index in [1.807, 2.05) is 13.1 Å². The Hall–Kier alpha value is -2.75. The van der Waals surface area contributed by atoms with Crippen LogP contribution in [0.3, 0.4) is 0 Å². The van der Waals surface area contributed by atoms with Gasteiger partial charge in [-0.25, -0.2) is 15.0 Å². The third kappa shape index (κ3) is 3.82. The number of nitrogens with one attached hydrogen (secondary N) is 1. The van der Waals surface area contributed by atoms with Gasteiger partial charge in [0.2, 0.25) is 5.95 Å². The number of hydrogen-bond acceptors (Lipinski definition) is 7. The molecule has 37 heavy (non-hydrogen) atoms. The molecule has 9 heteroatoms. The molecular formula is C28H36BN5O2S. The van der Waals surface area contributed by atoms with E-state index in [1.165, 1.54) is 27.3 Å². The molecule has 4 heterocycles. The molecule has 0 amide bonds. The van der Waals surface area contributed by atoms with E-state index in [1.54, 1.807) is 17.5 Å². The van der Waals surface area contributed by atoms with Gasteiger partial charge in [0.15, 0.2) is 4.96 Å². The van der Waals surface area contributed by atoms with Crippen molar-refractivity contribution < 1.29 is 9.31 Å². The van der Waals surface area contributed by atoms with E-state index in [2.05, 4.69) is 83.9 Å². The first-order valence-corrected chi connectivity index (χ1v) is 13.6. The molecule has 1 N–H and O–H groups in total. The van der Waals surface area contributed by atoms with Crippen LogP contribution in [0, 0.1) is 41.5 Å². The predicted octanol–water partition coefficient (Wildman–Crippen LogP) is 5.71. The minimum atomic E-state index is -0.450. The van der Waals surface area contributed by atoms with Crippen LogP contribution < -0.4 is 10.8 Å². The second-order valence-electron chi connectivity index (χ2n) is 11.1. The molecule has 0 aliphatic carbocycles. The topological polar surface area (TPSA) is 73.6 Å². The number of fused-ring (bicyclic) bond motifs is 1. The third-order valence-corrected chi connectivity index (χ3v) is 9.52. The van der Waals surface area contributed by atoms with Gasteiger partial charge < -0.3 is 14.6 Å². The van der Waals surface area contributed by atoms with Crippen LogP contribution in [-0.4, -0.2) is 44.7 Å². The van der Waals surface area contributed by atoms with Gasteiger partial charge in [-0.1, -0.05) is 0 Å². The predicted molar refractivity (Wildman–Crippen MR) is 153 cm³/mol. The zero-order chi connectivity index (χ0) is 27.0. The lowest BCUT2D eigenvalue weighted by atomic mass is 9.69. The van der Waals surface area contributed by atoms with Crippen molar-refractivity contribution in [3.05, 3.63) is 45.1 Å². The number of benzene rings is 1. The summed E-state index contributed by atoms with van der Waals surface area (Å²) in [5.41, 5.74) is 10.0. The average molecular weight is 518 g/mol. The van der Waals surface area contributed by atoms with Crippen molar-refractivity contribution in [1.82, 2.24) is 19.4 Å². The zero-order valence-corrected chi connectivity index (χ0v) is 24.6. The lowest BCUT2D eigenvalue weighted by Gasteiger charge is -2.32. The van der Waals surface area contributed by atoms with Crippen molar-refractivity contribution in [2.24, 2.45) is 0 Å². The fourth-order valence-electron chi connectivity index (χ4n) is 5.21. The molecule has 0 atom stereocenters. The van der Waals surface area contributed by atoms with E-state index in [9.17, 15) is 0 Å². The van der Waals surface area contributed by atoms with Crippen molar-refractivity contribution in [3.63, 3.8) is 0 Å². The first kappa shape index (κ1) is 25.9. The molecule has 0 bridgehead atoms. The summed E-state index contributed by atoms with van der Waals surface area (Å²) in [6, 6.07) is 1.96. The van der Waals surface area contributed by atoms with Gasteiger partial charge in [-0.2, -0.15) is 0 Å². The van der Waals surface area contributed by atoms with Crippen LogP contribution in [0.5, 0.6) is 0 Å². The molecule has 1 aromatic carbocycles. The molecule has 1 saturated heterocycles. The minimum absolute atomic E-state index is 0.420. The Morgan fingerprint density at radius 1 is 0.892 bits per heavy atom. The Kier molecular flexibility index (Phi) is 6.05. The summed E-state index contributed by atoms with van der Waals surface area (Å²) in [6.07, 6.45) is 1.79. The Labute approximate surface area is 223 Å². The summed E-state index contributed by atoms with van der Waals surface area (Å²) >= 11 is 1.70. The van der Waals surface area contributed by atoms with Crippen LogP contribution in [0.25, 0.3) is 27.6 Å². The number of thiazole rings is 1. The van der Waals surface area contributed by atoms with Crippen molar-refractivity contribution in [1.29, 1.82) is 0 Å². The lowest BCUT2D eigenvalue weighted by molar-refractivity contribution is 0.00578. The molecular weight excluding hydrogens is 481 g/mol. The third-order valence-electron chi connectivity index (χ3n) is 8.47. The number of nitrogens with zero attached hydrogens (tertiary/aromatic N) is 4. The first-order chi connectivity index (χ1) is 17.3. The molecule has 0 spiro atoms. The van der Waals surface area contributed by atoms with Gasteiger partial charge in [0, 0.05) is 29.4 Å². The van der Waals surface area contributed by atoms with E-state index < -0.39 is 18.3 Å². The average Bonchev–Trinajstić information content (AvgIpc) is 3.39. The Morgan fingerprint density at radius 3 is 2.16 bits per heavy atom. The molecule has 4 aromatic rings. The SMILES string of the molecule is CNc1nccc(-c2c(-c3c(C)c(C)c(C)c(B4OC(C)(C)C(C)(C)O4)c3C)nc3sc(C)c(C)n23)n1. The minimum Gasteiger partial charge on any atom is -0.399 e. The number of aryl methyl sites for hydroxylation is 2. The quantitative estimate of drug-likeness (QED) is 0.350. The molecule has 5 rings (SSSR count). The first-order valence-electron chi connectivity index (χ1n) is 12.7. The number of hydrogen-bond donors (Lipinski definition) is 1. The smallest absolute Gasteiger partial charge is 0.399 e. The largest absolute Gasteiger partial charge is 0.495 e. The van der Waals surface area contributed by atoms with Gasteiger partial charge in [-0.15, -0.1) is 11.3 Å². The summed E-state index contributed by atoms with van der Waals surface area (Å²) in [5, 5.41) is 3.07. The fraction of sp³-hybridized carbons (Fsp3) is 0.464. The van der Waals surface area contributed by atoms with E-state index in [-0.39, 0.29) is 0 Å². The fourth-order valence-corrected chi connectivity index (χ4v) is 6.18. The van der Waals surface area contributed by atoms with Crippen LogP contribution in [-0.2, 0) is 9.31 Å². The van der Waals surface area contributed by atoms with Crippen molar-refractivity contribution in [2.45, 2.75) is 80.4 Å². The number of anilines is 1. The lowest BCUT2D eigenvalue weighted by Crippen LogP contribution is -2.41. The van der Waals surface area contributed by atoms with Gasteiger partial charge >= 0.3 is 7.12 Å². The van der Waals surface area contributed by atoms with Crippen LogP contribution in [0.2, 0.25) is 0 Å². The van der Waals surface area contributed by atoms with Crippen LogP contribution in [0.4, 0.5) is 5.95 Å². The standard InChI is InChI=1S/C28H36BN5O2S/c1-14-15(2)21(17(4)22(16(14)3)29-35-27(7,8)28(9,10)36-29)23-24(20-12-13-31-25(30-11)32-20)34-18(5)19(6)37-26(34)33-23/h12-13H,1-11H3,(H,30,31,32). The molecule has 1 fully saturated rings. The number of aromatic nitrogens is 4. The number of imidazole rings is 1. The molecule has 0 saturated carbocycles. The van der Waals surface area contributed by atoms with Gasteiger partial charge in [-0.05, 0) is 103 Å². The normalized spacial score (nSPS) is 16.7. The van der Waals surface area contributed by atoms with Crippen LogP contribution >= 0.6 is 11.3 Å². The van der Waals surface area contributed by atoms with E-state index >= 15 is 0 Å². The maximum absolute atomic E-state index is 6.55. The Bertz CT molecular complexity index is 1540. The molecule has 1 aliphatic heterocycles. The summed E-state index contributed by atoms with van der Waals surface area (Å²) in [5.74, 6) is 0.578. The molecule has 7 nitrogen and oxygen atoms in total. The van der Waals surface area contributed by atoms with Crippen LogP contribution in [0.15, 0.2) is 12.3 Å². The zero-order valence-electron chi connectivity index (χ0n) is 23.7. The second kappa shape index (κ2) is 8.65. The van der Waals surface area contributed by atoms with Crippen molar-refractivity contribution in [3.8, 4) is 22.6 Å². The monoisotopic (exact) mass is 517 g/mol. The van der Waals surface area contributed by atoms with Crippen molar-refractivity contribution >= 4 is 34.8 Å². The van der Waals surface area contributed by atoms with Gasteiger partial charge in [-0.3, -0.25) is 4.40 Å². The highest BCUT2D eigenvalue weighted by Crippen LogP contribution is 2.42. The summed E-state index contributed by atoms with van der Waals surface area (Å²) < 4.78 is 15.3. The highest BCUT2D eigenvalue weighted by Gasteiger charge is 2.52. The molecule has 0 radical (unpaired) electrons.